The summed E-state index contributed by atoms with van der Waals surface area (Å²) in [6.07, 6.45) is 1.38. The molecule has 0 amide bonds. The molecule has 30 heavy (non-hydrogen) atoms. The van der Waals surface area contributed by atoms with Gasteiger partial charge in [0.25, 0.3) is 0 Å². The van der Waals surface area contributed by atoms with Crippen LogP contribution in [-0.2, 0) is 7.05 Å². The predicted octanol–water partition coefficient (Wildman–Crippen LogP) is 6.30. The topological polar surface area (TPSA) is 43.1 Å². The zero-order valence-corrected chi connectivity index (χ0v) is 16.4. The Hall–Kier alpha value is -3.66. The van der Waals surface area contributed by atoms with E-state index in [1.54, 1.807) is 11.6 Å². The van der Waals surface area contributed by atoms with Gasteiger partial charge in [0.15, 0.2) is 17.4 Å². The molecule has 0 N–H and O–H groups in total. The van der Waals surface area contributed by atoms with Crippen molar-refractivity contribution in [1.29, 1.82) is 0 Å². The summed E-state index contributed by atoms with van der Waals surface area (Å²) in [4.78, 5) is 4.76. The monoisotopic (exact) mass is 399 g/mol. The fourth-order valence-electron chi connectivity index (χ4n) is 4.20. The second kappa shape index (κ2) is 5.92. The largest absolute Gasteiger partial charge is 0.454 e. The molecule has 0 radical (unpaired) electrons. The van der Waals surface area contributed by atoms with Crippen molar-refractivity contribution in [2.75, 3.05) is 0 Å². The van der Waals surface area contributed by atoms with E-state index in [0.29, 0.717) is 33.7 Å². The number of furan rings is 2. The van der Waals surface area contributed by atoms with Gasteiger partial charge in [-0.3, -0.25) is 0 Å². The van der Waals surface area contributed by atoms with Crippen LogP contribution in [0.4, 0.5) is 0 Å². The van der Waals surface area contributed by atoms with Crippen molar-refractivity contribution in [2.24, 2.45) is 7.05 Å². The Balaban J connectivity index is 1.67. The van der Waals surface area contributed by atoms with Crippen molar-refractivity contribution in [3.05, 3.63) is 71.4 Å². The van der Waals surface area contributed by atoms with E-state index in [2.05, 4.69) is 0 Å². The molecule has 146 valence electrons. The Morgan fingerprint density at radius 3 is 2.60 bits per heavy atom. The molecule has 4 nitrogen and oxygen atoms in total. The highest BCUT2D eigenvalue weighted by Crippen LogP contribution is 2.39. The van der Waals surface area contributed by atoms with Gasteiger partial charge in [-0.15, -0.1) is 0 Å². The molecule has 0 aliphatic carbocycles. The predicted molar refractivity (Wildman–Crippen MR) is 120 cm³/mol. The summed E-state index contributed by atoms with van der Waals surface area (Å²) in [6, 6.07) is 14.9. The molecule has 4 heterocycles. The number of aryl methyl sites for hydroxylation is 4. The summed E-state index contributed by atoms with van der Waals surface area (Å²) in [6.45, 7) is -3.27. The van der Waals surface area contributed by atoms with Crippen LogP contribution in [0.5, 0.6) is 0 Å². The lowest BCUT2D eigenvalue weighted by molar-refractivity contribution is -0.660. The van der Waals surface area contributed by atoms with Crippen molar-refractivity contribution < 1.29 is 21.6 Å². The van der Waals surface area contributed by atoms with E-state index in [4.69, 9.17) is 22.0 Å². The number of aromatic nitrogens is 2. The van der Waals surface area contributed by atoms with Crippen molar-refractivity contribution in [3.63, 3.8) is 0 Å². The molecule has 0 fully saturated rings. The van der Waals surface area contributed by atoms with Crippen molar-refractivity contribution in [1.82, 2.24) is 4.98 Å². The van der Waals surface area contributed by atoms with Crippen molar-refractivity contribution >= 4 is 44.1 Å². The second-order valence-electron chi connectivity index (χ2n) is 7.62. The quantitative estimate of drug-likeness (QED) is 0.305. The number of benzene rings is 2. The second-order valence-corrected chi connectivity index (χ2v) is 7.62. The molecule has 6 aromatic rings. The molecule has 0 aliphatic rings. The van der Waals surface area contributed by atoms with Crippen LogP contribution in [0.3, 0.4) is 0 Å². The first-order valence-corrected chi connectivity index (χ1v) is 9.62. The van der Waals surface area contributed by atoms with Gasteiger partial charge in [0, 0.05) is 30.6 Å². The van der Waals surface area contributed by atoms with E-state index in [9.17, 15) is 0 Å². The van der Waals surface area contributed by atoms with Crippen LogP contribution in [0.25, 0.3) is 55.4 Å². The maximum absolute atomic E-state index is 7.99. The highest BCUT2D eigenvalue weighted by atomic mass is 16.3. The molecule has 0 bridgehead atoms. The first kappa shape index (κ1) is 12.1. The molecule has 0 saturated heterocycles. The Morgan fingerprint density at radius 1 is 0.867 bits per heavy atom. The number of hydrogen-bond donors (Lipinski definition) is 0. The minimum absolute atomic E-state index is 0.197. The molecule has 6 rings (SSSR count). The number of para-hydroxylation sites is 1. The van der Waals surface area contributed by atoms with Gasteiger partial charge in [0.2, 0.25) is 11.4 Å². The van der Waals surface area contributed by atoms with Gasteiger partial charge in [-0.05, 0) is 50.0 Å². The molecular weight excluding hydrogens is 372 g/mol. The standard InChI is InChI=1S/C26H21N2O2/c1-14-9-10-17-19-12-22-24(18-7-5-6-8-21(18)29-22)27-26(19)30-25(17)23(14)20-11-15(2)16(3)13-28(20)4/h5-13H,1-4H3/q+1/i2D3,3D3. The maximum Gasteiger partial charge on any atom is 0.228 e. The Labute approximate surface area is 181 Å². The lowest BCUT2D eigenvalue weighted by Crippen LogP contribution is -2.31. The number of rotatable bonds is 1. The average molecular weight is 400 g/mol. The molecule has 4 heteroatoms. The zero-order valence-electron chi connectivity index (χ0n) is 22.4. The minimum atomic E-state index is -2.60. The van der Waals surface area contributed by atoms with Crippen LogP contribution in [0.15, 0.2) is 63.6 Å². The zero-order chi connectivity index (χ0) is 25.6. The third kappa shape index (κ3) is 2.28. The van der Waals surface area contributed by atoms with E-state index in [1.807, 2.05) is 49.4 Å². The van der Waals surface area contributed by atoms with Gasteiger partial charge in [0.05, 0.1) is 10.9 Å². The molecule has 0 unspecified atom stereocenters. The van der Waals surface area contributed by atoms with Crippen LogP contribution >= 0.6 is 0 Å². The van der Waals surface area contributed by atoms with Crippen LogP contribution in [0, 0.1) is 20.6 Å². The first-order chi connectivity index (χ1) is 16.9. The van der Waals surface area contributed by atoms with Gasteiger partial charge >= 0.3 is 0 Å². The summed E-state index contributed by atoms with van der Waals surface area (Å²) >= 11 is 0. The first-order valence-electron chi connectivity index (χ1n) is 12.6. The van der Waals surface area contributed by atoms with Crippen LogP contribution in [0.1, 0.15) is 24.9 Å². The summed E-state index contributed by atoms with van der Waals surface area (Å²) in [7, 11) is 1.70. The Bertz CT molecular complexity index is 1840. The highest BCUT2D eigenvalue weighted by Gasteiger charge is 2.22. The van der Waals surface area contributed by atoms with Crippen LogP contribution < -0.4 is 4.57 Å². The summed E-state index contributed by atoms with van der Waals surface area (Å²) in [5.74, 6) is 0. The lowest BCUT2D eigenvalue weighted by atomic mass is 9.99. The normalized spacial score (nSPS) is 15.8. The summed E-state index contributed by atoms with van der Waals surface area (Å²) in [5, 5.41) is 2.46. The van der Waals surface area contributed by atoms with E-state index >= 15 is 0 Å². The van der Waals surface area contributed by atoms with Crippen LogP contribution in [-0.4, -0.2) is 4.98 Å². The summed E-state index contributed by atoms with van der Waals surface area (Å²) < 4.78 is 61.5. The van der Waals surface area contributed by atoms with Crippen molar-refractivity contribution in [3.8, 4) is 11.3 Å². The van der Waals surface area contributed by atoms with E-state index in [1.165, 1.54) is 12.3 Å². The smallest absolute Gasteiger partial charge is 0.228 e. The third-order valence-corrected chi connectivity index (χ3v) is 5.70. The van der Waals surface area contributed by atoms with E-state index in [-0.39, 0.29) is 11.1 Å². The van der Waals surface area contributed by atoms with Gasteiger partial charge in [-0.2, -0.15) is 0 Å². The Kier molecular flexibility index (Phi) is 2.40. The van der Waals surface area contributed by atoms with Gasteiger partial charge in [-0.25, -0.2) is 9.55 Å². The number of hydrogen-bond acceptors (Lipinski definition) is 3. The summed E-state index contributed by atoms with van der Waals surface area (Å²) in [5.41, 5.74) is 4.73. The van der Waals surface area contributed by atoms with Gasteiger partial charge in [-0.1, -0.05) is 24.3 Å². The highest BCUT2D eigenvalue weighted by molar-refractivity contribution is 6.13. The number of pyridine rings is 2. The fraction of sp³-hybridized carbons (Fsp3) is 0.154. The molecule has 4 aromatic heterocycles. The number of nitrogens with zero attached hydrogens (tertiary/aromatic N) is 2. The third-order valence-electron chi connectivity index (χ3n) is 5.70. The molecular formula is C26H21N2O2+. The molecule has 0 atom stereocenters. The minimum Gasteiger partial charge on any atom is -0.454 e. The van der Waals surface area contributed by atoms with E-state index < -0.39 is 13.7 Å². The SMILES string of the molecule is [2H]C([2H])([2H])c1cc(-c2c(C)ccc3c2oc2nc4c(cc23)oc2ccccc24)[n+](C)cc1C([2H])([2H])[2H]. The fourth-order valence-corrected chi connectivity index (χ4v) is 4.20. The Morgan fingerprint density at radius 2 is 1.73 bits per heavy atom. The number of fused-ring (bicyclic) bond motifs is 6. The molecule has 0 aliphatic heterocycles. The van der Waals surface area contributed by atoms with Gasteiger partial charge < -0.3 is 8.83 Å². The molecule has 0 spiro atoms. The average Bonchev–Trinajstić information content (AvgIpc) is 3.33. The molecule has 2 aromatic carbocycles. The van der Waals surface area contributed by atoms with Crippen molar-refractivity contribution in [2.45, 2.75) is 20.6 Å². The lowest BCUT2D eigenvalue weighted by Gasteiger charge is -2.07. The van der Waals surface area contributed by atoms with Gasteiger partial charge in [0.1, 0.15) is 18.1 Å². The molecule has 0 saturated carbocycles. The maximum atomic E-state index is 7.99. The van der Waals surface area contributed by atoms with E-state index in [0.717, 1.165) is 27.3 Å². The van der Waals surface area contributed by atoms with Crippen LogP contribution in [0.2, 0.25) is 0 Å².